The van der Waals surface area contributed by atoms with Gasteiger partial charge in [-0.15, -0.1) is 0 Å². The maximum absolute atomic E-state index is 12.7. The van der Waals surface area contributed by atoms with E-state index in [4.69, 9.17) is 10.7 Å². The number of likely N-dealkylation sites (tertiary alicyclic amines) is 1. The Balaban J connectivity index is 1.48. The monoisotopic (exact) mass is 482 g/mol. The van der Waals surface area contributed by atoms with Crippen molar-refractivity contribution >= 4 is 34.0 Å². The highest BCUT2D eigenvalue weighted by molar-refractivity contribution is 5.95. The van der Waals surface area contributed by atoms with Gasteiger partial charge in [-0.1, -0.05) is 6.07 Å². The molecule has 8 nitrogen and oxygen atoms in total. The van der Waals surface area contributed by atoms with Crippen molar-refractivity contribution in [3.05, 3.63) is 75.8 Å². The first-order chi connectivity index (χ1) is 17.3. The minimum Gasteiger partial charge on any atom is -0.383 e. The molecule has 8 heteroatoms. The molecule has 1 aliphatic rings. The van der Waals surface area contributed by atoms with Gasteiger partial charge in [0.15, 0.2) is 0 Å². The molecule has 0 atom stereocenters. The highest BCUT2D eigenvalue weighted by Crippen LogP contribution is 2.33. The molecule has 0 bridgehead atoms. The summed E-state index contributed by atoms with van der Waals surface area (Å²) >= 11 is 0. The van der Waals surface area contributed by atoms with Crippen molar-refractivity contribution in [1.29, 1.82) is 0 Å². The van der Waals surface area contributed by atoms with Gasteiger partial charge in [-0.05, 0) is 85.0 Å². The number of fused-ring (bicyclic) bond motifs is 1. The summed E-state index contributed by atoms with van der Waals surface area (Å²) < 4.78 is 0. The number of hydrogen-bond donors (Lipinski definition) is 3. The second-order valence-corrected chi connectivity index (χ2v) is 9.53. The number of carbonyl (C=O) groups is 1. The van der Waals surface area contributed by atoms with Crippen molar-refractivity contribution in [3.8, 4) is 11.3 Å². The topological polar surface area (TPSA) is 117 Å². The molecule has 1 saturated heterocycles. The number of hydrogen-bond acceptors (Lipinski definition) is 6. The highest BCUT2D eigenvalue weighted by atomic mass is 16.2. The molecule has 0 saturated carbocycles. The predicted molar refractivity (Wildman–Crippen MR) is 143 cm³/mol. The number of carbonyl (C=O) groups excluding carboxylic acids is 1. The van der Waals surface area contributed by atoms with Gasteiger partial charge in [-0.25, -0.2) is 9.97 Å². The van der Waals surface area contributed by atoms with E-state index in [1.54, 1.807) is 19.3 Å². The number of rotatable bonds is 4. The molecular formula is C28H30N6O2. The number of pyridine rings is 3. The third-order valence-corrected chi connectivity index (χ3v) is 7.08. The molecule has 5 rings (SSSR count). The maximum Gasteiger partial charge on any atom is 0.259 e. The standard InChI is InChI=1S/C28H30N6O2/c1-16-13-22(4-5-23(16)19-7-10-34(11-8-19)18(3)35)32-27-25-20(6-9-30-28(25)36)14-24(33-27)21-12-17(2)26(29)31-15-21/h4-6,9,12-15,19H,7-8,10-11H2,1-3H3,(H2,29,31)(H,30,36)(H,32,33). The number of nitrogen functional groups attached to an aromatic ring is 1. The summed E-state index contributed by atoms with van der Waals surface area (Å²) in [5.74, 6) is 1.55. The minimum absolute atomic E-state index is 0.145. The van der Waals surface area contributed by atoms with Crippen LogP contribution in [-0.2, 0) is 4.79 Å². The lowest BCUT2D eigenvalue weighted by Crippen LogP contribution is -2.36. The quantitative estimate of drug-likeness (QED) is 0.390. The third kappa shape index (κ3) is 4.54. The number of amides is 1. The van der Waals surface area contributed by atoms with Crippen LogP contribution in [0.15, 0.2) is 53.6 Å². The zero-order valence-corrected chi connectivity index (χ0v) is 20.8. The largest absolute Gasteiger partial charge is 0.383 e. The summed E-state index contributed by atoms with van der Waals surface area (Å²) in [6.07, 6.45) is 5.27. The van der Waals surface area contributed by atoms with Crippen molar-refractivity contribution < 1.29 is 4.79 Å². The van der Waals surface area contributed by atoms with E-state index in [9.17, 15) is 9.59 Å². The molecule has 0 aliphatic carbocycles. The van der Waals surface area contributed by atoms with Crippen molar-refractivity contribution in [3.63, 3.8) is 0 Å². The Morgan fingerprint density at radius 3 is 2.58 bits per heavy atom. The summed E-state index contributed by atoms with van der Waals surface area (Å²) in [5, 5.41) is 4.67. The number of aromatic nitrogens is 3. The van der Waals surface area contributed by atoms with Crippen LogP contribution in [0.4, 0.5) is 17.3 Å². The second kappa shape index (κ2) is 9.45. The van der Waals surface area contributed by atoms with Crippen LogP contribution >= 0.6 is 0 Å². The number of aryl methyl sites for hydroxylation is 2. The van der Waals surface area contributed by atoms with Crippen molar-refractivity contribution in [2.45, 2.75) is 39.5 Å². The van der Waals surface area contributed by atoms with E-state index in [1.165, 1.54) is 11.1 Å². The van der Waals surface area contributed by atoms with Gasteiger partial charge < -0.3 is 20.9 Å². The number of piperidine rings is 1. The van der Waals surface area contributed by atoms with Gasteiger partial charge in [0.1, 0.15) is 11.6 Å². The van der Waals surface area contributed by atoms with Gasteiger partial charge in [0.2, 0.25) is 5.91 Å². The van der Waals surface area contributed by atoms with Gasteiger partial charge in [0.05, 0.1) is 11.1 Å². The molecule has 4 aromatic rings. The highest BCUT2D eigenvalue weighted by Gasteiger charge is 2.23. The van der Waals surface area contributed by atoms with Gasteiger partial charge in [0, 0.05) is 43.7 Å². The lowest BCUT2D eigenvalue weighted by Gasteiger charge is -2.32. The van der Waals surface area contributed by atoms with Crippen molar-refractivity contribution in [2.24, 2.45) is 0 Å². The average molecular weight is 483 g/mol. The molecule has 4 N–H and O–H groups in total. The first-order valence-electron chi connectivity index (χ1n) is 12.2. The lowest BCUT2D eigenvalue weighted by atomic mass is 9.86. The van der Waals surface area contributed by atoms with E-state index in [0.717, 1.165) is 48.1 Å². The van der Waals surface area contributed by atoms with E-state index in [1.807, 2.05) is 36.1 Å². The zero-order chi connectivity index (χ0) is 25.4. The van der Waals surface area contributed by atoms with Crippen LogP contribution in [0, 0.1) is 13.8 Å². The maximum atomic E-state index is 12.7. The molecule has 1 aromatic carbocycles. The molecule has 1 fully saturated rings. The van der Waals surface area contributed by atoms with Crippen LogP contribution in [0.3, 0.4) is 0 Å². The van der Waals surface area contributed by atoms with Crippen LogP contribution in [0.25, 0.3) is 22.0 Å². The molecule has 0 radical (unpaired) electrons. The normalized spacial score (nSPS) is 14.2. The molecule has 4 heterocycles. The van der Waals surface area contributed by atoms with Gasteiger partial charge in [-0.2, -0.15) is 0 Å². The Hall–Kier alpha value is -4.20. The molecular weight excluding hydrogens is 452 g/mol. The van der Waals surface area contributed by atoms with Gasteiger partial charge in [-0.3, -0.25) is 9.59 Å². The molecule has 36 heavy (non-hydrogen) atoms. The van der Waals surface area contributed by atoms with Gasteiger partial charge >= 0.3 is 0 Å². The van der Waals surface area contributed by atoms with Crippen molar-refractivity contribution in [2.75, 3.05) is 24.1 Å². The number of nitrogens with one attached hydrogen (secondary N) is 2. The van der Waals surface area contributed by atoms with Crippen LogP contribution in [0.5, 0.6) is 0 Å². The van der Waals surface area contributed by atoms with E-state index >= 15 is 0 Å². The van der Waals surface area contributed by atoms with Gasteiger partial charge in [0.25, 0.3) is 5.56 Å². The van der Waals surface area contributed by atoms with Crippen molar-refractivity contribution in [1.82, 2.24) is 19.9 Å². The number of nitrogens with two attached hydrogens (primary N) is 1. The first-order valence-corrected chi connectivity index (χ1v) is 12.2. The molecule has 184 valence electrons. The Bertz CT molecular complexity index is 1520. The summed E-state index contributed by atoms with van der Waals surface area (Å²) in [6, 6.07) is 12.0. The number of anilines is 3. The average Bonchev–Trinajstić information content (AvgIpc) is 2.86. The molecule has 1 amide bonds. The van der Waals surface area contributed by atoms with Crippen LogP contribution in [0.2, 0.25) is 0 Å². The Morgan fingerprint density at radius 2 is 1.89 bits per heavy atom. The second-order valence-electron chi connectivity index (χ2n) is 9.53. The molecule has 0 unspecified atom stereocenters. The fraction of sp³-hybridized carbons (Fsp3) is 0.286. The van der Waals surface area contributed by atoms with Crippen LogP contribution in [-0.4, -0.2) is 38.8 Å². The van der Waals surface area contributed by atoms with Crippen LogP contribution in [0.1, 0.15) is 42.4 Å². The van der Waals surface area contributed by atoms with E-state index in [-0.39, 0.29) is 11.5 Å². The summed E-state index contributed by atoms with van der Waals surface area (Å²) in [7, 11) is 0. The van der Waals surface area contributed by atoms with E-state index in [0.29, 0.717) is 28.6 Å². The number of benzene rings is 1. The Morgan fingerprint density at radius 1 is 1.11 bits per heavy atom. The Kier molecular flexibility index (Phi) is 6.18. The lowest BCUT2D eigenvalue weighted by molar-refractivity contribution is -0.129. The first kappa shape index (κ1) is 23.5. The Labute approximate surface area is 209 Å². The summed E-state index contributed by atoms with van der Waals surface area (Å²) in [6.45, 7) is 7.24. The van der Waals surface area contributed by atoms with E-state index < -0.39 is 0 Å². The fourth-order valence-electron chi connectivity index (χ4n) is 5.03. The third-order valence-electron chi connectivity index (χ3n) is 7.08. The fourth-order valence-corrected chi connectivity index (χ4v) is 5.03. The minimum atomic E-state index is -0.203. The molecule has 3 aromatic heterocycles. The number of H-pyrrole nitrogens is 1. The SMILES string of the molecule is CC(=O)N1CCC(c2ccc(Nc3nc(-c4cnc(N)c(C)c4)cc4cc[nH]c(=O)c34)cc2C)CC1. The number of nitrogens with zero attached hydrogens (tertiary/aromatic N) is 3. The molecule has 0 spiro atoms. The predicted octanol–water partition coefficient (Wildman–Crippen LogP) is 4.65. The number of aromatic amines is 1. The molecule has 1 aliphatic heterocycles. The smallest absolute Gasteiger partial charge is 0.259 e. The summed E-state index contributed by atoms with van der Waals surface area (Å²) in [5.41, 5.74) is 11.4. The van der Waals surface area contributed by atoms with E-state index in [2.05, 4.69) is 34.3 Å². The summed E-state index contributed by atoms with van der Waals surface area (Å²) in [4.78, 5) is 38.2. The zero-order valence-electron chi connectivity index (χ0n) is 20.8. The van der Waals surface area contributed by atoms with Crippen LogP contribution < -0.4 is 16.6 Å².